The van der Waals surface area contributed by atoms with E-state index in [1.54, 1.807) is 0 Å². The molecule has 0 spiro atoms. The highest BCUT2D eigenvalue weighted by molar-refractivity contribution is 5.65. The van der Waals surface area contributed by atoms with Crippen LogP contribution in [0.25, 0.3) is 0 Å². The molecule has 2 rings (SSSR count). The van der Waals surface area contributed by atoms with Gasteiger partial charge in [-0.2, -0.15) is 0 Å². The van der Waals surface area contributed by atoms with Crippen molar-refractivity contribution in [2.75, 3.05) is 17.6 Å². The molecular formula is C10H15N3. The molecule has 1 fully saturated rings. The van der Waals surface area contributed by atoms with Crippen molar-refractivity contribution in [2.45, 2.75) is 19.0 Å². The molecule has 3 nitrogen and oxygen atoms in total. The summed E-state index contributed by atoms with van der Waals surface area (Å²) >= 11 is 0. The van der Waals surface area contributed by atoms with Crippen LogP contribution in [0.2, 0.25) is 0 Å². The van der Waals surface area contributed by atoms with Crippen LogP contribution in [0, 0.1) is 0 Å². The van der Waals surface area contributed by atoms with Gasteiger partial charge in [-0.05, 0) is 31.5 Å². The number of nitrogen functional groups attached to an aromatic ring is 1. The van der Waals surface area contributed by atoms with Crippen molar-refractivity contribution in [3.63, 3.8) is 0 Å². The molecule has 1 aromatic rings. The van der Waals surface area contributed by atoms with Gasteiger partial charge in [-0.3, -0.25) is 5.32 Å². The van der Waals surface area contributed by atoms with E-state index in [0.29, 0.717) is 6.17 Å². The Hall–Kier alpha value is -1.22. The number of para-hydroxylation sites is 2. The zero-order chi connectivity index (χ0) is 9.10. The highest BCUT2D eigenvalue weighted by atomic mass is 15.1. The minimum atomic E-state index is 0.393. The first-order valence-corrected chi connectivity index (χ1v) is 4.71. The van der Waals surface area contributed by atoms with E-state index in [2.05, 4.69) is 10.6 Å². The fourth-order valence-electron chi connectivity index (χ4n) is 1.62. The molecule has 0 radical (unpaired) electrons. The third kappa shape index (κ3) is 1.92. The Labute approximate surface area is 78.3 Å². The first-order chi connectivity index (χ1) is 6.36. The van der Waals surface area contributed by atoms with Gasteiger partial charge in [-0.25, -0.2) is 0 Å². The van der Waals surface area contributed by atoms with Crippen LogP contribution < -0.4 is 16.4 Å². The Morgan fingerprint density at radius 2 is 2.23 bits per heavy atom. The third-order valence-electron chi connectivity index (χ3n) is 2.35. The molecule has 70 valence electrons. The predicted octanol–water partition coefficient (Wildman–Crippen LogP) is 1.39. The van der Waals surface area contributed by atoms with Crippen molar-refractivity contribution in [3.05, 3.63) is 24.3 Å². The summed E-state index contributed by atoms with van der Waals surface area (Å²) < 4.78 is 0. The Kier molecular flexibility index (Phi) is 2.36. The minimum absolute atomic E-state index is 0.393. The van der Waals surface area contributed by atoms with Crippen molar-refractivity contribution < 1.29 is 0 Å². The molecule has 0 unspecified atom stereocenters. The molecule has 0 saturated carbocycles. The highest BCUT2D eigenvalue weighted by Gasteiger charge is 2.13. The summed E-state index contributed by atoms with van der Waals surface area (Å²) in [4.78, 5) is 0. The monoisotopic (exact) mass is 177 g/mol. The molecule has 1 atom stereocenters. The number of anilines is 2. The van der Waals surface area contributed by atoms with E-state index in [9.17, 15) is 0 Å². The Bertz CT molecular complexity index is 279. The van der Waals surface area contributed by atoms with Gasteiger partial charge >= 0.3 is 0 Å². The average molecular weight is 177 g/mol. The molecule has 1 heterocycles. The van der Waals surface area contributed by atoms with Crippen molar-refractivity contribution >= 4 is 11.4 Å². The maximum Gasteiger partial charge on any atom is 0.0769 e. The lowest BCUT2D eigenvalue weighted by Gasteiger charge is -2.15. The van der Waals surface area contributed by atoms with E-state index in [4.69, 9.17) is 5.73 Å². The SMILES string of the molecule is Nc1ccccc1N[C@H]1CCCN1. The number of nitrogens with two attached hydrogens (primary N) is 1. The number of nitrogens with one attached hydrogen (secondary N) is 2. The molecule has 1 aliphatic heterocycles. The van der Waals surface area contributed by atoms with Crippen molar-refractivity contribution in [2.24, 2.45) is 0 Å². The first kappa shape index (κ1) is 8.38. The second kappa shape index (κ2) is 3.66. The highest BCUT2D eigenvalue weighted by Crippen LogP contribution is 2.19. The van der Waals surface area contributed by atoms with Gasteiger partial charge in [-0.15, -0.1) is 0 Å². The van der Waals surface area contributed by atoms with E-state index in [-0.39, 0.29) is 0 Å². The topological polar surface area (TPSA) is 50.1 Å². The predicted molar refractivity (Wildman–Crippen MR) is 55.5 cm³/mol. The van der Waals surface area contributed by atoms with E-state index in [0.717, 1.165) is 17.9 Å². The van der Waals surface area contributed by atoms with E-state index < -0.39 is 0 Å². The Balaban J connectivity index is 2.04. The van der Waals surface area contributed by atoms with Gasteiger partial charge in [-0.1, -0.05) is 12.1 Å². The van der Waals surface area contributed by atoms with Crippen LogP contribution in [-0.2, 0) is 0 Å². The fraction of sp³-hybridized carbons (Fsp3) is 0.400. The first-order valence-electron chi connectivity index (χ1n) is 4.71. The molecule has 1 saturated heterocycles. The van der Waals surface area contributed by atoms with Gasteiger partial charge < -0.3 is 11.1 Å². The van der Waals surface area contributed by atoms with Gasteiger partial charge in [0.15, 0.2) is 0 Å². The van der Waals surface area contributed by atoms with Crippen LogP contribution in [0.3, 0.4) is 0 Å². The van der Waals surface area contributed by atoms with E-state index in [1.807, 2.05) is 24.3 Å². The smallest absolute Gasteiger partial charge is 0.0769 e. The summed E-state index contributed by atoms with van der Waals surface area (Å²) in [6.07, 6.45) is 2.81. The molecule has 4 N–H and O–H groups in total. The summed E-state index contributed by atoms with van der Waals surface area (Å²) in [6, 6.07) is 7.86. The van der Waals surface area contributed by atoms with Crippen molar-refractivity contribution in [3.8, 4) is 0 Å². The lowest BCUT2D eigenvalue weighted by molar-refractivity contribution is 0.680. The van der Waals surface area contributed by atoms with Gasteiger partial charge in [0, 0.05) is 0 Å². The zero-order valence-electron chi connectivity index (χ0n) is 7.59. The van der Waals surface area contributed by atoms with E-state index >= 15 is 0 Å². The van der Waals surface area contributed by atoms with Gasteiger partial charge in [0.25, 0.3) is 0 Å². The lowest BCUT2D eigenvalue weighted by atomic mass is 10.2. The summed E-state index contributed by atoms with van der Waals surface area (Å²) in [5.74, 6) is 0. The maximum atomic E-state index is 5.81. The molecule has 1 aromatic carbocycles. The molecule has 13 heavy (non-hydrogen) atoms. The van der Waals surface area contributed by atoms with Crippen LogP contribution in [0.15, 0.2) is 24.3 Å². The second-order valence-corrected chi connectivity index (χ2v) is 3.38. The largest absolute Gasteiger partial charge is 0.397 e. The fourth-order valence-corrected chi connectivity index (χ4v) is 1.62. The molecule has 0 amide bonds. The zero-order valence-corrected chi connectivity index (χ0v) is 7.59. The maximum absolute atomic E-state index is 5.81. The molecule has 3 heteroatoms. The number of rotatable bonds is 2. The quantitative estimate of drug-likeness (QED) is 0.598. The van der Waals surface area contributed by atoms with Crippen LogP contribution in [0.5, 0.6) is 0 Å². The number of hydrogen-bond acceptors (Lipinski definition) is 3. The second-order valence-electron chi connectivity index (χ2n) is 3.38. The summed E-state index contributed by atoms with van der Waals surface area (Å²) in [7, 11) is 0. The van der Waals surface area contributed by atoms with Crippen molar-refractivity contribution in [1.82, 2.24) is 5.32 Å². The standard InChI is InChI=1S/C10H15N3/c11-8-4-1-2-5-9(8)13-10-6-3-7-12-10/h1-2,4-5,10,12-13H,3,6-7,11H2/t10-/m0/s1. The van der Waals surface area contributed by atoms with Crippen molar-refractivity contribution in [1.29, 1.82) is 0 Å². The summed E-state index contributed by atoms with van der Waals surface area (Å²) in [5, 5.41) is 6.74. The summed E-state index contributed by atoms with van der Waals surface area (Å²) in [6.45, 7) is 1.10. The van der Waals surface area contributed by atoms with Gasteiger partial charge in [0.05, 0.1) is 17.5 Å². The molecule has 0 bridgehead atoms. The minimum Gasteiger partial charge on any atom is -0.397 e. The summed E-state index contributed by atoms with van der Waals surface area (Å²) in [5.41, 5.74) is 7.65. The van der Waals surface area contributed by atoms with E-state index in [1.165, 1.54) is 12.8 Å². The molecule has 1 aliphatic rings. The van der Waals surface area contributed by atoms with Crippen LogP contribution in [0.1, 0.15) is 12.8 Å². The lowest BCUT2D eigenvalue weighted by Crippen LogP contribution is -2.29. The van der Waals surface area contributed by atoms with Gasteiger partial charge in [0.1, 0.15) is 0 Å². The average Bonchev–Trinajstić information content (AvgIpc) is 2.61. The molecule has 0 aliphatic carbocycles. The van der Waals surface area contributed by atoms with Crippen LogP contribution >= 0.6 is 0 Å². The Morgan fingerprint density at radius 1 is 1.38 bits per heavy atom. The van der Waals surface area contributed by atoms with Crippen LogP contribution in [-0.4, -0.2) is 12.7 Å². The number of hydrogen-bond donors (Lipinski definition) is 3. The molecule has 0 aromatic heterocycles. The normalized spacial score (nSPS) is 21.7. The third-order valence-corrected chi connectivity index (χ3v) is 2.35. The van der Waals surface area contributed by atoms with Crippen LogP contribution in [0.4, 0.5) is 11.4 Å². The Morgan fingerprint density at radius 3 is 2.92 bits per heavy atom. The van der Waals surface area contributed by atoms with Gasteiger partial charge in [0.2, 0.25) is 0 Å². The molecular weight excluding hydrogens is 162 g/mol. The number of benzene rings is 1.